The SMILES string of the molecule is CC(C)(C)C(=O)CN(CC(=O)C(C)(C)C)C(Cc1ccc(-c2ccc(O)cc2)cc1)C(=O)C(C)(C)C. The van der Waals surface area contributed by atoms with Crippen molar-refractivity contribution < 1.29 is 19.5 Å². The van der Waals surface area contributed by atoms with Crippen LogP contribution >= 0.6 is 0 Å². The van der Waals surface area contributed by atoms with E-state index >= 15 is 0 Å². The molecule has 1 unspecified atom stereocenters. The number of phenols is 1. The first kappa shape index (κ1) is 29.4. The second-order valence-electron chi connectivity index (χ2n) is 12.8. The predicted octanol–water partition coefficient (Wildman–Crippen LogP) is 6.12. The van der Waals surface area contributed by atoms with Crippen LogP contribution in [0.15, 0.2) is 48.5 Å². The maximum Gasteiger partial charge on any atom is 0.155 e. The summed E-state index contributed by atoms with van der Waals surface area (Å²) in [7, 11) is 0. The van der Waals surface area contributed by atoms with Gasteiger partial charge in [0.1, 0.15) is 5.75 Å². The summed E-state index contributed by atoms with van der Waals surface area (Å²) in [6.45, 7) is 16.9. The second-order valence-corrected chi connectivity index (χ2v) is 12.8. The molecule has 2 aromatic carbocycles. The molecule has 0 fully saturated rings. The lowest BCUT2D eigenvalue weighted by Gasteiger charge is -2.36. The highest BCUT2D eigenvalue weighted by molar-refractivity contribution is 5.93. The Bertz CT molecular complexity index is 1030. The largest absolute Gasteiger partial charge is 0.508 e. The van der Waals surface area contributed by atoms with E-state index in [1.807, 2.05) is 98.7 Å². The molecule has 0 aliphatic heterocycles. The van der Waals surface area contributed by atoms with Crippen LogP contribution in [0.3, 0.4) is 0 Å². The average molecular weight is 494 g/mol. The molecule has 0 saturated heterocycles. The van der Waals surface area contributed by atoms with Crippen LogP contribution < -0.4 is 0 Å². The lowest BCUT2D eigenvalue weighted by molar-refractivity contribution is -0.137. The topological polar surface area (TPSA) is 74.7 Å². The number of benzene rings is 2. The Morgan fingerprint density at radius 2 is 1.06 bits per heavy atom. The first-order valence-electron chi connectivity index (χ1n) is 12.6. The fourth-order valence-corrected chi connectivity index (χ4v) is 3.72. The summed E-state index contributed by atoms with van der Waals surface area (Å²) in [6, 6.07) is 14.4. The molecule has 1 atom stereocenters. The number of carbonyl (C=O) groups is 3. The Labute approximate surface area is 216 Å². The molecule has 196 valence electrons. The Hall–Kier alpha value is -2.79. The third-order valence-corrected chi connectivity index (χ3v) is 6.43. The number of hydrogen-bond donors (Lipinski definition) is 1. The zero-order valence-corrected chi connectivity index (χ0v) is 23.4. The lowest BCUT2D eigenvalue weighted by atomic mass is 9.82. The summed E-state index contributed by atoms with van der Waals surface area (Å²) in [5.74, 6) is 0.222. The summed E-state index contributed by atoms with van der Waals surface area (Å²) < 4.78 is 0. The molecule has 0 aliphatic carbocycles. The highest BCUT2D eigenvalue weighted by atomic mass is 16.3. The summed E-state index contributed by atoms with van der Waals surface area (Å²) in [5, 5.41) is 9.56. The molecule has 0 aliphatic rings. The maximum absolute atomic E-state index is 13.7. The molecule has 0 aromatic heterocycles. The highest BCUT2D eigenvalue weighted by Crippen LogP contribution is 2.27. The van der Waals surface area contributed by atoms with Crippen LogP contribution in [0, 0.1) is 16.2 Å². The van der Waals surface area contributed by atoms with Crippen molar-refractivity contribution in [2.75, 3.05) is 13.1 Å². The van der Waals surface area contributed by atoms with E-state index in [0.717, 1.165) is 16.7 Å². The van der Waals surface area contributed by atoms with Crippen LogP contribution in [0.1, 0.15) is 67.9 Å². The van der Waals surface area contributed by atoms with Crippen LogP contribution in [0.5, 0.6) is 5.75 Å². The van der Waals surface area contributed by atoms with E-state index in [2.05, 4.69) is 0 Å². The zero-order valence-electron chi connectivity index (χ0n) is 23.4. The van der Waals surface area contributed by atoms with Crippen molar-refractivity contribution in [1.82, 2.24) is 4.90 Å². The molecule has 2 rings (SSSR count). The minimum absolute atomic E-state index is 0.00130. The summed E-state index contributed by atoms with van der Waals surface area (Å²) in [4.78, 5) is 41.7. The molecule has 0 heterocycles. The standard InChI is InChI=1S/C31H43NO4/c1-29(2,3)26(34)19-32(20-27(35)30(4,5)6)25(28(36)31(7,8)9)18-21-10-12-22(13-11-21)23-14-16-24(33)17-15-23/h10-17,25,33H,18-20H2,1-9H3. The van der Waals surface area contributed by atoms with Gasteiger partial charge in [0, 0.05) is 16.2 Å². The molecule has 5 nitrogen and oxygen atoms in total. The van der Waals surface area contributed by atoms with Crippen LogP contribution in [-0.4, -0.2) is 46.5 Å². The van der Waals surface area contributed by atoms with Crippen LogP contribution in [0.4, 0.5) is 0 Å². The lowest BCUT2D eigenvalue weighted by Crippen LogP contribution is -2.53. The van der Waals surface area contributed by atoms with Crippen molar-refractivity contribution in [3.63, 3.8) is 0 Å². The van der Waals surface area contributed by atoms with Gasteiger partial charge < -0.3 is 5.11 Å². The molecular weight excluding hydrogens is 450 g/mol. The molecule has 36 heavy (non-hydrogen) atoms. The van der Waals surface area contributed by atoms with Gasteiger partial charge in [-0.15, -0.1) is 0 Å². The minimum atomic E-state index is -0.634. The Morgan fingerprint density at radius 3 is 1.42 bits per heavy atom. The number of rotatable bonds is 9. The molecule has 5 heteroatoms. The van der Waals surface area contributed by atoms with Gasteiger partial charge in [0.15, 0.2) is 17.3 Å². The van der Waals surface area contributed by atoms with Gasteiger partial charge >= 0.3 is 0 Å². The number of hydrogen-bond acceptors (Lipinski definition) is 5. The first-order chi connectivity index (χ1) is 16.4. The second kappa shape index (κ2) is 11.1. The molecule has 0 bridgehead atoms. The van der Waals surface area contributed by atoms with Crippen molar-refractivity contribution in [2.24, 2.45) is 16.2 Å². The summed E-state index contributed by atoms with van der Waals surface area (Å²) in [6.07, 6.45) is 0.404. The number of nitrogens with zero attached hydrogens (tertiary/aromatic N) is 1. The number of carbonyl (C=O) groups excluding carboxylic acids is 3. The molecule has 0 spiro atoms. The fraction of sp³-hybridized carbons (Fsp3) is 0.516. The van der Waals surface area contributed by atoms with E-state index in [9.17, 15) is 19.5 Å². The third-order valence-electron chi connectivity index (χ3n) is 6.43. The van der Waals surface area contributed by atoms with Crippen molar-refractivity contribution in [2.45, 2.75) is 74.8 Å². The van der Waals surface area contributed by atoms with Gasteiger partial charge in [0.05, 0.1) is 19.1 Å². The Balaban J connectivity index is 2.44. The van der Waals surface area contributed by atoms with Crippen molar-refractivity contribution in [3.05, 3.63) is 54.1 Å². The first-order valence-corrected chi connectivity index (χ1v) is 12.6. The van der Waals surface area contributed by atoms with E-state index in [-0.39, 0.29) is 36.2 Å². The number of ketones is 3. The van der Waals surface area contributed by atoms with Gasteiger partial charge in [0.2, 0.25) is 0 Å². The summed E-state index contributed by atoms with van der Waals surface area (Å²) in [5.41, 5.74) is 1.14. The van der Waals surface area contributed by atoms with Gasteiger partial charge in [0.25, 0.3) is 0 Å². The van der Waals surface area contributed by atoms with Gasteiger partial charge in [-0.2, -0.15) is 0 Å². The monoisotopic (exact) mass is 493 g/mol. The Kier molecular flexibility index (Phi) is 9.06. The fourth-order valence-electron chi connectivity index (χ4n) is 3.72. The van der Waals surface area contributed by atoms with Crippen molar-refractivity contribution in [1.29, 1.82) is 0 Å². The van der Waals surface area contributed by atoms with Crippen LogP contribution in [-0.2, 0) is 20.8 Å². The van der Waals surface area contributed by atoms with Crippen molar-refractivity contribution in [3.8, 4) is 16.9 Å². The van der Waals surface area contributed by atoms with Crippen LogP contribution in [0.2, 0.25) is 0 Å². The third kappa shape index (κ3) is 8.12. The van der Waals surface area contributed by atoms with Gasteiger partial charge in [-0.3, -0.25) is 19.3 Å². The molecule has 0 radical (unpaired) electrons. The molecule has 0 saturated carbocycles. The highest BCUT2D eigenvalue weighted by Gasteiger charge is 2.38. The van der Waals surface area contributed by atoms with E-state index in [1.165, 1.54) is 0 Å². The predicted molar refractivity (Wildman–Crippen MR) is 146 cm³/mol. The summed E-state index contributed by atoms with van der Waals surface area (Å²) >= 11 is 0. The maximum atomic E-state index is 13.7. The van der Waals surface area contributed by atoms with E-state index in [0.29, 0.717) is 6.42 Å². The Morgan fingerprint density at radius 1 is 0.667 bits per heavy atom. The normalized spacial score (nSPS) is 13.5. The van der Waals surface area contributed by atoms with Gasteiger partial charge in [-0.1, -0.05) is 98.7 Å². The molecule has 2 aromatic rings. The molecule has 0 amide bonds. The minimum Gasteiger partial charge on any atom is -0.508 e. The van der Waals surface area contributed by atoms with E-state index < -0.39 is 22.3 Å². The van der Waals surface area contributed by atoms with Gasteiger partial charge in [-0.25, -0.2) is 0 Å². The van der Waals surface area contributed by atoms with E-state index in [4.69, 9.17) is 0 Å². The quantitative estimate of drug-likeness (QED) is 0.456. The number of Topliss-reactive ketones (excluding diaryl/α,β-unsaturated/α-hetero) is 3. The zero-order chi connectivity index (χ0) is 27.5. The smallest absolute Gasteiger partial charge is 0.155 e. The molecule has 1 N–H and O–H groups in total. The van der Waals surface area contributed by atoms with Gasteiger partial charge in [-0.05, 0) is 35.2 Å². The van der Waals surface area contributed by atoms with Crippen molar-refractivity contribution >= 4 is 17.3 Å². The molecular formula is C31H43NO4. The average Bonchev–Trinajstić information content (AvgIpc) is 2.75. The number of aromatic hydroxyl groups is 1. The van der Waals surface area contributed by atoms with E-state index in [1.54, 1.807) is 17.0 Å². The van der Waals surface area contributed by atoms with Crippen LogP contribution in [0.25, 0.3) is 11.1 Å². The number of phenolic OH excluding ortho intramolecular Hbond substituents is 1.